The van der Waals surface area contributed by atoms with Gasteiger partial charge in [0.2, 0.25) is 0 Å². The molecule has 20 heavy (non-hydrogen) atoms. The zero-order valence-corrected chi connectivity index (χ0v) is 11.8. The molecule has 0 saturated heterocycles. The van der Waals surface area contributed by atoms with E-state index in [9.17, 15) is 4.79 Å². The number of rotatable bonds is 5. The quantitative estimate of drug-likeness (QED) is 0.484. The van der Waals surface area contributed by atoms with Crippen molar-refractivity contribution in [3.8, 4) is 0 Å². The Morgan fingerprint density at radius 3 is 2.80 bits per heavy atom. The van der Waals surface area contributed by atoms with Crippen LogP contribution in [0.25, 0.3) is 0 Å². The summed E-state index contributed by atoms with van der Waals surface area (Å²) in [6.45, 7) is 4.69. The second-order valence-corrected chi connectivity index (χ2v) is 4.48. The number of hydrogen-bond donors (Lipinski definition) is 2. The largest absolute Gasteiger partial charge is 0.290 e. The number of aryl methyl sites for hydroxylation is 2. The minimum Gasteiger partial charge on any atom is -0.290 e. The van der Waals surface area contributed by atoms with Gasteiger partial charge in [-0.1, -0.05) is 26.0 Å². The smallest absolute Gasteiger partial charge is 0.265 e. The third-order valence-corrected chi connectivity index (χ3v) is 3.08. The SMILES string of the molecule is CCc1nc(CC)n(Cc2cccc(C(=O)NN)c2)n1. The fourth-order valence-electron chi connectivity index (χ4n) is 2.03. The predicted octanol–water partition coefficient (Wildman–Crippen LogP) is 1.05. The Bertz CT molecular complexity index is 605. The Labute approximate surface area is 118 Å². The molecule has 2 rings (SSSR count). The Morgan fingerprint density at radius 2 is 2.15 bits per heavy atom. The van der Waals surface area contributed by atoms with Crippen molar-refractivity contribution >= 4 is 5.91 Å². The van der Waals surface area contributed by atoms with Crippen LogP contribution in [0, 0.1) is 0 Å². The monoisotopic (exact) mass is 273 g/mol. The molecule has 0 aliphatic heterocycles. The van der Waals surface area contributed by atoms with Crippen molar-refractivity contribution in [1.29, 1.82) is 0 Å². The van der Waals surface area contributed by atoms with E-state index in [1.807, 2.05) is 29.8 Å². The number of nitrogen functional groups attached to an aromatic ring is 1. The van der Waals surface area contributed by atoms with Crippen LogP contribution in [0.15, 0.2) is 24.3 Å². The van der Waals surface area contributed by atoms with Gasteiger partial charge in [0.1, 0.15) is 5.82 Å². The van der Waals surface area contributed by atoms with Crippen LogP contribution in [0.2, 0.25) is 0 Å². The Hall–Kier alpha value is -2.21. The van der Waals surface area contributed by atoms with Crippen LogP contribution in [-0.2, 0) is 19.4 Å². The Kier molecular flexibility index (Phi) is 4.47. The molecule has 0 saturated carbocycles. The van der Waals surface area contributed by atoms with Crippen LogP contribution < -0.4 is 11.3 Å². The molecule has 1 heterocycles. The summed E-state index contributed by atoms with van der Waals surface area (Å²) in [5, 5.41) is 4.47. The first kappa shape index (κ1) is 14.2. The van der Waals surface area contributed by atoms with Gasteiger partial charge in [0, 0.05) is 18.4 Å². The molecular formula is C14H19N5O. The normalized spacial score (nSPS) is 10.6. The standard InChI is InChI=1S/C14H19N5O/c1-3-12-16-13(4-2)19(18-12)9-10-6-5-7-11(8-10)14(20)17-15/h5-8H,3-4,9,15H2,1-2H3,(H,17,20). The van der Waals surface area contributed by atoms with Gasteiger partial charge in [-0.3, -0.25) is 10.2 Å². The topological polar surface area (TPSA) is 85.8 Å². The molecule has 1 aromatic carbocycles. The lowest BCUT2D eigenvalue weighted by atomic mass is 10.1. The van der Waals surface area contributed by atoms with E-state index in [2.05, 4.69) is 22.4 Å². The van der Waals surface area contributed by atoms with Crippen LogP contribution in [0.5, 0.6) is 0 Å². The van der Waals surface area contributed by atoms with Crippen molar-refractivity contribution in [1.82, 2.24) is 20.2 Å². The molecule has 0 bridgehead atoms. The lowest BCUT2D eigenvalue weighted by Gasteiger charge is -2.06. The molecule has 6 heteroatoms. The van der Waals surface area contributed by atoms with Crippen LogP contribution in [0.3, 0.4) is 0 Å². The van der Waals surface area contributed by atoms with Gasteiger partial charge in [-0.25, -0.2) is 15.5 Å². The van der Waals surface area contributed by atoms with E-state index >= 15 is 0 Å². The first-order valence-electron chi connectivity index (χ1n) is 6.70. The summed E-state index contributed by atoms with van der Waals surface area (Å²) in [5.74, 6) is 6.65. The number of aromatic nitrogens is 3. The first-order chi connectivity index (χ1) is 9.67. The maximum atomic E-state index is 11.5. The predicted molar refractivity (Wildman–Crippen MR) is 76.0 cm³/mol. The molecule has 0 aliphatic rings. The van der Waals surface area contributed by atoms with E-state index in [-0.39, 0.29) is 5.91 Å². The highest BCUT2D eigenvalue weighted by molar-refractivity contribution is 5.93. The number of amides is 1. The van der Waals surface area contributed by atoms with Crippen molar-refractivity contribution in [2.75, 3.05) is 0 Å². The fraction of sp³-hybridized carbons (Fsp3) is 0.357. The zero-order valence-electron chi connectivity index (χ0n) is 11.8. The van der Waals surface area contributed by atoms with Crippen molar-refractivity contribution in [3.05, 3.63) is 47.0 Å². The average molecular weight is 273 g/mol. The molecule has 106 valence electrons. The van der Waals surface area contributed by atoms with Crippen LogP contribution in [-0.4, -0.2) is 20.7 Å². The summed E-state index contributed by atoms with van der Waals surface area (Å²) in [4.78, 5) is 16.0. The summed E-state index contributed by atoms with van der Waals surface area (Å²) < 4.78 is 1.89. The fourth-order valence-corrected chi connectivity index (χ4v) is 2.03. The van der Waals surface area contributed by atoms with Crippen molar-refractivity contribution in [2.24, 2.45) is 5.84 Å². The van der Waals surface area contributed by atoms with E-state index in [1.165, 1.54) is 0 Å². The van der Waals surface area contributed by atoms with Crippen molar-refractivity contribution < 1.29 is 4.79 Å². The molecule has 1 aromatic heterocycles. The van der Waals surface area contributed by atoms with Gasteiger partial charge in [0.05, 0.1) is 6.54 Å². The molecule has 3 N–H and O–H groups in total. The second kappa shape index (κ2) is 6.29. The third kappa shape index (κ3) is 3.03. The van der Waals surface area contributed by atoms with Crippen LogP contribution in [0.1, 0.15) is 41.4 Å². The summed E-state index contributed by atoms with van der Waals surface area (Å²) in [6.07, 6.45) is 1.64. The lowest BCUT2D eigenvalue weighted by molar-refractivity contribution is 0.0953. The van der Waals surface area contributed by atoms with Gasteiger partial charge in [-0.2, -0.15) is 5.10 Å². The molecule has 0 aliphatic carbocycles. The van der Waals surface area contributed by atoms with Crippen molar-refractivity contribution in [3.63, 3.8) is 0 Å². The number of nitrogens with zero attached hydrogens (tertiary/aromatic N) is 3. The second-order valence-electron chi connectivity index (χ2n) is 4.48. The Morgan fingerprint density at radius 1 is 1.35 bits per heavy atom. The number of hydrazine groups is 1. The number of hydrogen-bond acceptors (Lipinski definition) is 4. The summed E-state index contributed by atoms with van der Waals surface area (Å²) in [7, 11) is 0. The Balaban J connectivity index is 2.25. The number of carbonyl (C=O) groups excluding carboxylic acids is 1. The van der Waals surface area contributed by atoms with E-state index < -0.39 is 0 Å². The molecule has 0 spiro atoms. The molecule has 0 atom stereocenters. The van der Waals surface area contributed by atoms with Gasteiger partial charge in [-0.15, -0.1) is 0 Å². The minimum absolute atomic E-state index is 0.296. The molecule has 2 aromatic rings. The molecule has 0 fully saturated rings. The number of nitrogens with two attached hydrogens (primary N) is 1. The zero-order chi connectivity index (χ0) is 14.5. The van der Waals surface area contributed by atoms with Crippen LogP contribution >= 0.6 is 0 Å². The molecule has 0 unspecified atom stereocenters. The number of nitrogens with one attached hydrogen (secondary N) is 1. The summed E-state index contributed by atoms with van der Waals surface area (Å²) in [6, 6.07) is 7.34. The average Bonchev–Trinajstić information content (AvgIpc) is 2.88. The van der Waals surface area contributed by atoms with E-state index in [0.29, 0.717) is 12.1 Å². The van der Waals surface area contributed by atoms with E-state index in [0.717, 1.165) is 30.1 Å². The molecule has 0 radical (unpaired) electrons. The van der Waals surface area contributed by atoms with Gasteiger partial charge in [0.15, 0.2) is 5.82 Å². The summed E-state index contributed by atoms with van der Waals surface area (Å²) >= 11 is 0. The number of benzene rings is 1. The van der Waals surface area contributed by atoms with E-state index in [1.54, 1.807) is 6.07 Å². The van der Waals surface area contributed by atoms with Gasteiger partial charge in [-0.05, 0) is 17.7 Å². The highest BCUT2D eigenvalue weighted by Crippen LogP contribution is 2.09. The summed E-state index contributed by atoms with van der Waals surface area (Å²) in [5.41, 5.74) is 3.67. The van der Waals surface area contributed by atoms with Gasteiger partial charge in [0.25, 0.3) is 5.91 Å². The highest BCUT2D eigenvalue weighted by Gasteiger charge is 2.09. The van der Waals surface area contributed by atoms with Gasteiger partial charge >= 0.3 is 0 Å². The molecule has 1 amide bonds. The van der Waals surface area contributed by atoms with Gasteiger partial charge < -0.3 is 0 Å². The first-order valence-corrected chi connectivity index (χ1v) is 6.70. The minimum atomic E-state index is -0.296. The maximum absolute atomic E-state index is 11.5. The lowest BCUT2D eigenvalue weighted by Crippen LogP contribution is -2.30. The maximum Gasteiger partial charge on any atom is 0.265 e. The van der Waals surface area contributed by atoms with E-state index in [4.69, 9.17) is 5.84 Å². The number of carbonyl (C=O) groups is 1. The third-order valence-electron chi connectivity index (χ3n) is 3.08. The molecular weight excluding hydrogens is 254 g/mol. The molecule has 6 nitrogen and oxygen atoms in total. The van der Waals surface area contributed by atoms with Crippen LogP contribution in [0.4, 0.5) is 0 Å². The van der Waals surface area contributed by atoms with Crippen molar-refractivity contribution in [2.45, 2.75) is 33.2 Å². The highest BCUT2D eigenvalue weighted by atomic mass is 16.2.